The molecule has 2 N–H and O–H groups in total. The highest BCUT2D eigenvalue weighted by Gasteiger charge is 2.14. The monoisotopic (exact) mass is 221 g/mol. The predicted octanol–water partition coefficient (Wildman–Crippen LogP) is 3.06. The third-order valence-electron chi connectivity index (χ3n) is 2.54. The van der Waals surface area contributed by atoms with Gasteiger partial charge in [0.1, 0.15) is 6.10 Å². The Morgan fingerprint density at radius 2 is 2.13 bits per heavy atom. The summed E-state index contributed by atoms with van der Waals surface area (Å²) >= 11 is 6.00. The van der Waals surface area contributed by atoms with Gasteiger partial charge in [0.15, 0.2) is 0 Å². The summed E-state index contributed by atoms with van der Waals surface area (Å²) in [5.74, 6) is 0. The van der Waals surface area contributed by atoms with Crippen LogP contribution in [0.3, 0.4) is 0 Å². The normalized spacial score (nSPS) is 12.7. The lowest BCUT2D eigenvalue weighted by Crippen LogP contribution is -2.00. The molecule has 0 aliphatic carbocycles. The van der Waals surface area contributed by atoms with E-state index >= 15 is 0 Å². The van der Waals surface area contributed by atoms with Gasteiger partial charge in [-0.05, 0) is 30.2 Å². The third-order valence-corrected chi connectivity index (χ3v) is 2.95. The number of rotatable bonds is 2. The topological polar surface area (TPSA) is 36.0 Å². The molecule has 1 atom stereocenters. The van der Waals surface area contributed by atoms with E-state index in [1.165, 1.54) is 0 Å². The number of nitrogens with one attached hydrogen (secondary N) is 1. The van der Waals surface area contributed by atoms with Crippen molar-refractivity contribution < 1.29 is 5.11 Å². The first-order chi connectivity index (χ1) is 7.20. The number of H-pyrrole nitrogens is 1. The standard InChI is InChI=1S/C12H12ClNO/c1-8-10(3-2-4-11(8)13)12(15)9-5-6-14-7-9/h2-7,12,14-15H,1H3. The van der Waals surface area contributed by atoms with E-state index in [4.69, 9.17) is 11.6 Å². The third kappa shape index (κ3) is 1.91. The molecule has 2 rings (SSSR count). The van der Waals surface area contributed by atoms with E-state index in [-0.39, 0.29) is 0 Å². The van der Waals surface area contributed by atoms with E-state index < -0.39 is 6.10 Å². The summed E-state index contributed by atoms with van der Waals surface area (Å²) in [5.41, 5.74) is 2.62. The van der Waals surface area contributed by atoms with Gasteiger partial charge < -0.3 is 10.1 Å². The van der Waals surface area contributed by atoms with Crippen LogP contribution >= 0.6 is 11.6 Å². The fraction of sp³-hybridized carbons (Fsp3) is 0.167. The van der Waals surface area contributed by atoms with Gasteiger partial charge in [0.25, 0.3) is 0 Å². The van der Waals surface area contributed by atoms with Crippen LogP contribution in [-0.4, -0.2) is 10.1 Å². The second-order valence-electron chi connectivity index (χ2n) is 3.50. The molecule has 0 spiro atoms. The number of aliphatic hydroxyl groups excluding tert-OH is 1. The molecule has 2 aromatic rings. The molecule has 0 fully saturated rings. The zero-order valence-corrected chi connectivity index (χ0v) is 9.12. The molecular formula is C12H12ClNO. The zero-order valence-electron chi connectivity index (χ0n) is 8.37. The van der Waals surface area contributed by atoms with E-state index in [0.29, 0.717) is 5.02 Å². The molecule has 0 bridgehead atoms. The number of aromatic nitrogens is 1. The van der Waals surface area contributed by atoms with Crippen LogP contribution in [0.15, 0.2) is 36.7 Å². The minimum atomic E-state index is -0.616. The largest absolute Gasteiger partial charge is 0.384 e. The average Bonchev–Trinajstić information content (AvgIpc) is 2.74. The van der Waals surface area contributed by atoms with Gasteiger partial charge in [0.2, 0.25) is 0 Å². The minimum Gasteiger partial charge on any atom is -0.384 e. The summed E-state index contributed by atoms with van der Waals surface area (Å²) in [6.45, 7) is 1.91. The molecule has 0 amide bonds. The van der Waals surface area contributed by atoms with E-state index in [0.717, 1.165) is 16.7 Å². The molecule has 78 valence electrons. The van der Waals surface area contributed by atoms with Crippen LogP contribution in [-0.2, 0) is 0 Å². The molecule has 1 heterocycles. The molecule has 1 unspecified atom stereocenters. The lowest BCUT2D eigenvalue weighted by atomic mass is 9.99. The maximum absolute atomic E-state index is 10.1. The molecule has 0 saturated carbocycles. The van der Waals surface area contributed by atoms with Gasteiger partial charge in [-0.25, -0.2) is 0 Å². The fourth-order valence-corrected chi connectivity index (χ4v) is 1.79. The van der Waals surface area contributed by atoms with Crippen molar-refractivity contribution in [1.82, 2.24) is 4.98 Å². The van der Waals surface area contributed by atoms with Crippen molar-refractivity contribution in [2.75, 3.05) is 0 Å². The van der Waals surface area contributed by atoms with Crippen LogP contribution < -0.4 is 0 Å². The number of halogens is 1. The van der Waals surface area contributed by atoms with Crippen molar-refractivity contribution in [2.45, 2.75) is 13.0 Å². The Morgan fingerprint density at radius 3 is 2.80 bits per heavy atom. The second-order valence-corrected chi connectivity index (χ2v) is 3.91. The number of benzene rings is 1. The fourth-order valence-electron chi connectivity index (χ4n) is 1.61. The summed E-state index contributed by atoms with van der Waals surface area (Å²) < 4.78 is 0. The highest BCUT2D eigenvalue weighted by atomic mass is 35.5. The summed E-state index contributed by atoms with van der Waals surface area (Å²) in [6.07, 6.45) is 2.96. The van der Waals surface area contributed by atoms with Crippen LogP contribution in [0.1, 0.15) is 22.8 Å². The molecule has 3 heteroatoms. The molecule has 0 aliphatic rings. The Balaban J connectivity index is 2.42. The van der Waals surface area contributed by atoms with E-state index in [2.05, 4.69) is 4.98 Å². The van der Waals surface area contributed by atoms with Crippen LogP contribution in [0.2, 0.25) is 5.02 Å². The summed E-state index contributed by atoms with van der Waals surface area (Å²) in [4.78, 5) is 2.92. The number of aromatic amines is 1. The molecule has 0 aliphatic heterocycles. The lowest BCUT2D eigenvalue weighted by molar-refractivity contribution is 0.220. The van der Waals surface area contributed by atoms with Gasteiger partial charge in [0.05, 0.1) is 0 Å². The summed E-state index contributed by atoms with van der Waals surface area (Å²) in [6, 6.07) is 7.41. The molecule has 0 saturated heterocycles. The first kappa shape index (κ1) is 10.3. The molecule has 0 radical (unpaired) electrons. The maximum atomic E-state index is 10.1. The Morgan fingerprint density at radius 1 is 1.33 bits per heavy atom. The first-order valence-electron chi connectivity index (χ1n) is 4.76. The highest BCUT2D eigenvalue weighted by Crippen LogP contribution is 2.28. The Labute approximate surface area is 93.5 Å². The van der Waals surface area contributed by atoms with Crippen molar-refractivity contribution in [3.05, 3.63) is 58.4 Å². The van der Waals surface area contributed by atoms with Gasteiger partial charge in [-0.2, -0.15) is 0 Å². The van der Waals surface area contributed by atoms with Crippen LogP contribution in [0.25, 0.3) is 0 Å². The molecule has 1 aromatic carbocycles. The van der Waals surface area contributed by atoms with Crippen LogP contribution in [0, 0.1) is 6.92 Å². The summed E-state index contributed by atoms with van der Waals surface area (Å²) in [7, 11) is 0. The summed E-state index contributed by atoms with van der Waals surface area (Å²) in [5, 5.41) is 10.8. The van der Waals surface area contributed by atoms with Crippen molar-refractivity contribution >= 4 is 11.6 Å². The van der Waals surface area contributed by atoms with E-state index in [9.17, 15) is 5.11 Å². The second kappa shape index (κ2) is 4.09. The van der Waals surface area contributed by atoms with E-state index in [1.807, 2.05) is 31.2 Å². The van der Waals surface area contributed by atoms with Gasteiger partial charge >= 0.3 is 0 Å². The maximum Gasteiger partial charge on any atom is 0.106 e. The first-order valence-corrected chi connectivity index (χ1v) is 5.13. The molecule has 15 heavy (non-hydrogen) atoms. The smallest absolute Gasteiger partial charge is 0.106 e. The Hall–Kier alpha value is -1.25. The van der Waals surface area contributed by atoms with E-state index in [1.54, 1.807) is 12.4 Å². The van der Waals surface area contributed by atoms with Crippen molar-refractivity contribution in [1.29, 1.82) is 0 Å². The van der Waals surface area contributed by atoms with Crippen LogP contribution in [0.5, 0.6) is 0 Å². The highest BCUT2D eigenvalue weighted by molar-refractivity contribution is 6.31. The van der Waals surface area contributed by atoms with Crippen molar-refractivity contribution in [3.63, 3.8) is 0 Å². The predicted molar refractivity (Wildman–Crippen MR) is 61.0 cm³/mol. The molecule has 1 aromatic heterocycles. The molecule has 2 nitrogen and oxygen atoms in total. The van der Waals surface area contributed by atoms with Crippen molar-refractivity contribution in [3.8, 4) is 0 Å². The van der Waals surface area contributed by atoms with Gasteiger partial charge in [-0.15, -0.1) is 0 Å². The molecular weight excluding hydrogens is 210 g/mol. The zero-order chi connectivity index (χ0) is 10.8. The van der Waals surface area contributed by atoms with Gasteiger partial charge in [0, 0.05) is 23.0 Å². The van der Waals surface area contributed by atoms with Crippen molar-refractivity contribution in [2.24, 2.45) is 0 Å². The quantitative estimate of drug-likeness (QED) is 0.804. The number of hydrogen-bond acceptors (Lipinski definition) is 1. The minimum absolute atomic E-state index is 0.616. The Kier molecular flexibility index (Phi) is 2.80. The average molecular weight is 222 g/mol. The van der Waals surface area contributed by atoms with Gasteiger partial charge in [-0.3, -0.25) is 0 Å². The van der Waals surface area contributed by atoms with Gasteiger partial charge in [-0.1, -0.05) is 23.7 Å². The number of aliphatic hydroxyl groups is 1. The SMILES string of the molecule is Cc1c(Cl)cccc1C(O)c1cc[nH]c1. The van der Waals surface area contributed by atoms with Crippen LogP contribution in [0.4, 0.5) is 0 Å². The lowest BCUT2D eigenvalue weighted by Gasteiger charge is -2.13. The number of hydrogen-bond donors (Lipinski definition) is 2. The Bertz CT molecular complexity index is 451.